The van der Waals surface area contributed by atoms with Gasteiger partial charge in [-0.15, -0.1) is 0 Å². The summed E-state index contributed by atoms with van der Waals surface area (Å²) in [5.74, 6) is 1.05. The molecule has 2 aromatic heterocycles. The van der Waals surface area contributed by atoms with Gasteiger partial charge in [0.1, 0.15) is 35.7 Å². The highest BCUT2D eigenvalue weighted by molar-refractivity contribution is 7.62. The van der Waals surface area contributed by atoms with E-state index in [1.165, 1.54) is 12.7 Å². The molecule has 0 radical (unpaired) electrons. The maximum absolute atomic E-state index is 18.0. The number of carbonyl (C=O) groups excluding carboxylic acids is 1. The summed E-state index contributed by atoms with van der Waals surface area (Å²) in [5.41, 5.74) is 1.13. The molecule has 1 amide bonds. The largest absolute Gasteiger partial charge is 0.497 e. The van der Waals surface area contributed by atoms with Gasteiger partial charge in [0.2, 0.25) is 0 Å². The second-order valence-corrected chi connectivity index (χ2v) is 19.5. The number of hydrogen-bond acceptors (Lipinski definition) is 10. The third-order valence-electron chi connectivity index (χ3n) is 11.5. The fourth-order valence-corrected chi connectivity index (χ4v) is 11.9. The molecule has 0 spiro atoms. The summed E-state index contributed by atoms with van der Waals surface area (Å²) in [6.07, 6.45) is -1.42. The second kappa shape index (κ2) is 19.0. The van der Waals surface area contributed by atoms with Crippen LogP contribution in [0.3, 0.4) is 0 Å². The smallest absolute Gasteiger partial charge is 0.256 e. The highest BCUT2D eigenvalue weighted by Crippen LogP contribution is 2.61. The van der Waals surface area contributed by atoms with Crippen molar-refractivity contribution in [1.82, 2.24) is 24.2 Å². The standard InChI is InChI=1S/C47H51FN7O6P/c1-31(2)62(57,32(3)4)55(27-13-26-49)42-40(48)39(61-46(42)54-30-52-41-43(50-29-51-44(41)54)53-45(56)33-14-9-7-10-15-33)28-60-47(34-16-11-8-12-17-34,35-18-22-37(58-5)23-19-35)36-20-24-38(59-6)25-21-36/h7-12,14-25,29-32,39-40,42,46H,13,27-28H2,1-6H3,(H,50,51,53,56)/t39-,40+,42-,46-/m1/s1. The number of hydrogen-bond donors (Lipinski definition) is 1. The first-order valence-corrected chi connectivity index (χ1v) is 22.3. The van der Waals surface area contributed by atoms with Gasteiger partial charge in [-0.1, -0.05) is 100 Å². The average Bonchev–Trinajstić information content (AvgIpc) is 3.88. The van der Waals surface area contributed by atoms with Gasteiger partial charge in [0.15, 0.2) is 30.5 Å². The van der Waals surface area contributed by atoms with Gasteiger partial charge in [0.05, 0.1) is 39.3 Å². The lowest BCUT2D eigenvalue weighted by Gasteiger charge is -2.42. The number of nitrogens with zero attached hydrogens (tertiary/aromatic N) is 6. The Morgan fingerprint density at radius 3 is 1.98 bits per heavy atom. The summed E-state index contributed by atoms with van der Waals surface area (Å²) < 4.78 is 61.7. The fourth-order valence-electron chi connectivity index (χ4n) is 8.43. The van der Waals surface area contributed by atoms with Crippen molar-refractivity contribution >= 4 is 30.2 Å². The highest BCUT2D eigenvalue weighted by atomic mass is 31.2. The Hall–Kier alpha value is -5.97. The molecule has 13 nitrogen and oxygen atoms in total. The van der Waals surface area contributed by atoms with Crippen molar-refractivity contribution in [3.8, 4) is 17.6 Å². The Balaban J connectivity index is 1.35. The zero-order valence-electron chi connectivity index (χ0n) is 35.6. The molecule has 7 rings (SSSR count). The lowest BCUT2D eigenvalue weighted by atomic mass is 9.80. The van der Waals surface area contributed by atoms with Crippen molar-refractivity contribution in [2.45, 2.75) is 75.6 Å². The summed E-state index contributed by atoms with van der Waals surface area (Å²) in [4.78, 5) is 26.7. The summed E-state index contributed by atoms with van der Waals surface area (Å²) in [5, 5.41) is 12.7. The average molecular weight is 860 g/mol. The number of amides is 1. The van der Waals surface area contributed by atoms with E-state index < -0.39 is 43.3 Å². The van der Waals surface area contributed by atoms with Crippen molar-refractivity contribution in [1.29, 1.82) is 5.26 Å². The van der Waals surface area contributed by atoms with Crippen molar-refractivity contribution in [2.24, 2.45) is 0 Å². The van der Waals surface area contributed by atoms with E-state index in [0.29, 0.717) is 17.1 Å². The fraction of sp³-hybridized carbons (Fsp3) is 0.340. The van der Waals surface area contributed by atoms with Gasteiger partial charge in [-0.2, -0.15) is 5.26 Å². The Kier molecular flexibility index (Phi) is 13.5. The first-order valence-electron chi connectivity index (χ1n) is 20.5. The van der Waals surface area contributed by atoms with Crippen molar-refractivity contribution in [2.75, 3.05) is 32.7 Å². The molecular formula is C47H51FN7O6P. The number of alkyl halides is 1. The minimum atomic E-state index is -3.41. The zero-order valence-corrected chi connectivity index (χ0v) is 36.5. The van der Waals surface area contributed by atoms with Crippen LogP contribution >= 0.6 is 7.29 Å². The van der Waals surface area contributed by atoms with E-state index in [2.05, 4.69) is 26.3 Å². The molecule has 1 saturated heterocycles. The van der Waals surface area contributed by atoms with E-state index >= 15 is 8.96 Å². The quantitative estimate of drug-likeness (QED) is 0.0691. The number of benzene rings is 4. The molecule has 1 fully saturated rings. The molecule has 3 heterocycles. The highest BCUT2D eigenvalue weighted by Gasteiger charge is 2.55. The number of nitriles is 1. The minimum absolute atomic E-state index is 0.00485. The topological polar surface area (TPSA) is 154 Å². The molecule has 1 aliphatic rings. The molecule has 4 atom stereocenters. The van der Waals surface area contributed by atoms with Crippen LogP contribution in [-0.2, 0) is 19.6 Å². The van der Waals surface area contributed by atoms with E-state index in [-0.39, 0.29) is 47.9 Å². The number of methoxy groups -OCH3 is 2. The van der Waals surface area contributed by atoms with Crippen LogP contribution in [0.1, 0.15) is 67.4 Å². The molecule has 0 bridgehead atoms. The second-order valence-electron chi connectivity index (χ2n) is 15.6. The number of ether oxygens (including phenoxy) is 4. The maximum Gasteiger partial charge on any atom is 0.256 e. The number of imidazole rings is 1. The molecule has 62 heavy (non-hydrogen) atoms. The number of halogens is 1. The Labute approximate surface area is 361 Å². The van der Waals surface area contributed by atoms with E-state index in [4.69, 9.17) is 18.9 Å². The Morgan fingerprint density at radius 2 is 1.44 bits per heavy atom. The lowest BCUT2D eigenvalue weighted by Crippen LogP contribution is -2.47. The molecule has 0 saturated carbocycles. The number of aromatic nitrogens is 4. The molecule has 6 aromatic rings. The number of carbonyl (C=O) groups is 1. The summed E-state index contributed by atoms with van der Waals surface area (Å²) in [7, 11) is -0.221. The van der Waals surface area contributed by atoms with Gasteiger partial charge in [-0.05, 0) is 53.1 Å². The van der Waals surface area contributed by atoms with Crippen LogP contribution in [0, 0.1) is 11.3 Å². The van der Waals surface area contributed by atoms with Crippen LogP contribution < -0.4 is 14.8 Å². The molecular weight excluding hydrogens is 809 g/mol. The minimum Gasteiger partial charge on any atom is -0.497 e. The monoisotopic (exact) mass is 859 g/mol. The first kappa shape index (κ1) is 44.1. The van der Waals surface area contributed by atoms with Crippen LogP contribution in [0.15, 0.2) is 122 Å². The molecule has 1 aliphatic heterocycles. The van der Waals surface area contributed by atoms with E-state index in [1.807, 2.05) is 113 Å². The maximum atomic E-state index is 18.0. The predicted molar refractivity (Wildman–Crippen MR) is 235 cm³/mol. The van der Waals surface area contributed by atoms with Crippen LogP contribution in [0.2, 0.25) is 0 Å². The normalized spacial score (nSPS) is 18.0. The molecule has 0 unspecified atom stereocenters. The lowest BCUT2D eigenvalue weighted by molar-refractivity contribution is -0.0868. The van der Waals surface area contributed by atoms with Crippen molar-refractivity contribution in [3.63, 3.8) is 0 Å². The predicted octanol–water partition coefficient (Wildman–Crippen LogP) is 9.02. The summed E-state index contributed by atoms with van der Waals surface area (Å²) in [6, 6.07) is 34.4. The third-order valence-corrected chi connectivity index (χ3v) is 15.7. The van der Waals surface area contributed by atoms with Crippen molar-refractivity contribution in [3.05, 3.63) is 144 Å². The number of nitrogens with one attached hydrogen (secondary N) is 1. The van der Waals surface area contributed by atoms with E-state index in [1.54, 1.807) is 47.7 Å². The van der Waals surface area contributed by atoms with Gasteiger partial charge in [0, 0.05) is 29.8 Å². The molecule has 322 valence electrons. The summed E-state index contributed by atoms with van der Waals surface area (Å²) >= 11 is 0. The molecule has 15 heteroatoms. The van der Waals surface area contributed by atoms with E-state index in [0.717, 1.165) is 16.7 Å². The Morgan fingerprint density at radius 1 is 0.871 bits per heavy atom. The van der Waals surface area contributed by atoms with Crippen LogP contribution in [0.25, 0.3) is 11.2 Å². The van der Waals surface area contributed by atoms with Crippen molar-refractivity contribution < 1.29 is 32.7 Å². The SMILES string of the molecule is COc1ccc(C(OC[C@H]2O[C@@H](n3cnc4c(NC(=O)c5ccccc5)ncnc43)[C@H](N(CCC#N)P(=O)(C(C)C)C(C)C)[C@H]2F)(c2ccccc2)c2ccc(OC)cc2)cc1. The van der Waals surface area contributed by atoms with Gasteiger partial charge in [-0.25, -0.2) is 24.0 Å². The van der Waals surface area contributed by atoms with E-state index in [9.17, 15) is 10.1 Å². The molecule has 1 N–H and O–H groups in total. The number of anilines is 1. The third kappa shape index (κ3) is 8.33. The van der Waals surface area contributed by atoms with Crippen LogP contribution in [0.5, 0.6) is 11.5 Å². The number of fused-ring (bicyclic) bond motifs is 1. The number of rotatable bonds is 17. The van der Waals surface area contributed by atoms with Gasteiger partial charge in [0.25, 0.3) is 5.91 Å². The zero-order chi connectivity index (χ0) is 44.0. The Bertz CT molecular complexity index is 2480. The van der Waals surface area contributed by atoms with Crippen LogP contribution in [-0.4, -0.2) is 87.1 Å². The molecule has 0 aliphatic carbocycles. The van der Waals surface area contributed by atoms with Gasteiger partial charge < -0.3 is 28.8 Å². The summed E-state index contributed by atoms with van der Waals surface area (Å²) in [6.45, 7) is 7.20. The van der Waals surface area contributed by atoms with Crippen LogP contribution in [0.4, 0.5) is 10.2 Å². The van der Waals surface area contributed by atoms with Gasteiger partial charge >= 0.3 is 0 Å². The first-order chi connectivity index (χ1) is 30.0. The molecule has 4 aromatic carbocycles. The van der Waals surface area contributed by atoms with Gasteiger partial charge in [-0.3, -0.25) is 9.36 Å².